The van der Waals surface area contributed by atoms with E-state index < -0.39 is 5.97 Å². The van der Waals surface area contributed by atoms with Crippen molar-refractivity contribution in [1.82, 2.24) is 10.6 Å². The summed E-state index contributed by atoms with van der Waals surface area (Å²) in [5.74, 6) is -0.916. The quantitative estimate of drug-likeness (QED) is 0.668. The molecule has 1 rings (SSSR count). The molecule has 0 fully saturated rings. The van der Waals surface area contributed by atoms with Crippen molar-refractivity contribution in [3.63, 3.8) is 0 Å². The Hall–Kier alpha value is -1.62. The first-order valence-electron chi connectivity index (χ1n) is 4.41. The van der Waals surface area contributed by atoms with Crippen LogP contribution in [-0.4, -0.2) is 23.2 Å². The predicted molar refractivity (Wildman–Crippen MR) is 61.9 cm³/mol. The van der Waals surface area contributed by atoms with Gasteiger partial charge >= 0.3 is 5.97 Å². The van der Waals surface area contributed by atoms with Crippen LogP contribution in [0.15, 0.2) is 24.3 Å². The number of thiocarbonyl (C=S) groups is 1. The van der Waals surface area contributed by atoms with Crippen LogP contribution in [0.5, 0.6) is 0 Å². The van der Waals surface area contributed by atoms with Gasteiger partial charge in [-0.3, -0.25) is 0 Å². The molecule has 3 N–H and O–H groups in total. The normalized spacial score (nSPS) is 9.40. The van der Waals surface area contributed by atoms with E-state index in [-0.39, 0.29) is 5.56 Å². The molecule has 0 atom stereocenters. The monoisotopic (exact) mass is 224 g/mol. The maximum absolute atomic E-state index is 10.6. The minimum Gasteiger partial charge on any atom is -0.478 e. The van der Waals surface area contributed by atoms with E-state index in [9.17, 15) is 4.79 Å². The van der Waals surface area contributed by atoms with Crippen LogP contribution in [0, 0.1) is 0 Å². The molecule has 5 heteroatoms. The van der Waals surface area contributed by atoms with Crippen molar-refractivity contribution in [2.24, 2.45) is 0 Å². The summed E-state index contributed by atoms with van der Waals surface area (Å²) in [6.07, 6.45) is 0. The van der Waals surface area contributed by atoms with Crippen molar-refractivity contribution in [2.45, 2.75) is 6.54 Å². The molecule has 0 saturated carbocycles. The Morgan fingerprint density at radius 3 is 2.47 bits per heavy atom. The van der Waals surface area contributed by atoms with Crippen LogP contribution in [-0.2, 0) is 6.54 Å². The van der Waals surface area contributed by atoms with Crippen LogP contribution in [0.2, 0.25) is 0 Å². The molecule has 0 amide bonds. The first-order valence-corrected chi connectivity index (χ1v) is 4.82. The van der Waals surface area contributed by atoms with Crippen molar-refractivity contribution in [1.29, 1.82) is 0 Å². The van der Waals surface area contributed by atoms with Gasteiger partial charge in [0.2, 0.25) is 0 Å². The van der Waals surface area contributed by atoms with Crippen LogP contribution >= 0.6 is 12.2 Å². The molecular weight excluding hydrogens is 212 g/mol. The lowest BCUT2D eigenvalue weighted by Crippen LogP contribution is -2.31. The maximum Gasteiger partial charge on any atom is 0.335 e. The molecule has 0 aromatic heterocycles. The summed E-state index contributed by atoms with van der Waals surface area (Å²) in [5, 5.41) is 15.0. The van der Waals surface area contributed by atoms with Crippen molar-refractivity contribution < 1.29 is 9.90 Å². The minimum atomic E-state index is -0.916. The van der Waals surface area contributed by atoms with Gasteiger partial charge in [0.05, 0.1) is 5.56 Å². The van der Waals surface area contributed by atoms with Crippen molar-refractivity contribution >= 4 is 23.3 Å². The Morgan fingerprint density at radius 1 is 1.40 bits per heavy atom. The van der Waals surface area contributed by atoms with Crippen molar-refractivity contribution in [2.75, 3.05) is 7.05 Å². The molecule has 0 aliphatic carbocycles. The first-order chi connectivity index (χ1) is 7.13. The molecule has 1 aromatic rings. The third-order valence-electron chi connectivity index (χ3n) is 1.88. The summed E-state index contributed by atoms with van der Waals surface area (Å²) < 4.78 is 0. The molecule has 15 heavy (non-hydrogen) atoms. The van der Waals surface area contributed by atoms with Crippen molar-refractivity contribution in [3.05, 3.63) is 35.4 Å². The molecule has 0 aliphatic rings. The standard InChI is InChI=1S/C10H12N2O2S/c1-11-10(15)12-6-7-2-4-8(5-3-7)9(13)14/h2-5H,6H2,1H3,(H,13,14)(H2,11,12,15). The molecule has 80 valence electrons. The lowest BCUT2D eigenvalue weighted by Gasteiger charge is -2.06. The third kappa shape index (κ3) is 3.55. The van der Waals surface area contributed by atoms with E-state index in [4.69, 9.17) is 17.3 Å². The number of hydrogen-bond acceptors (Lipinski definition) is 2. The van der Waals surface area contributed by atoms with Gasteiger partial charge in [-0.2, -0.15) is 0 Å². The number of hydrogen-bond donors (Lipinski definition) is 3. The average Bonchev–Trinajstić information content (AvgIpc) is 2.26. The summed E-state index contributed by atoms with van der Waals surface area (Å²) in [6, 6.07) is 6.66. The molecule has 0 aliphatic heterocycles. The van der Waals surface area contributed by atoms with Crippen LogP contribution < -0.4 is 10.6 Å². The molecule has 1 aromatic carbocycles. The van der Waals surface area contributed by atoms with Crippen LogP contribution in [0.3, 0.4) is 0 Å². The van der Waals surface area contributed by atoms with Gasteiger partial charge in [-0.05, 0) is 29.9 Å². The molecule has 0 saturated heterocycles. The van der Waals surface area contributed by atoms with Gasteiger partial charge in [0.15, 0.2) is 5.11 Å². The second-order valence-corrected chi connectivity index (χ2v) is 3.34. The Balaban J connectivity index is 2.57. The zero-order chi connectivity index (χ0) is 11.3. The fourth-order valence-corrected chi connectivity index (χ4v) is 1.11. The SMILES string of the molecule is CNC(=S)NCc1ccc(C(=O)O)cc1. The van der Waals surface area contributed by atoms with E-state index in [0.29, 0.717) is 11.7 Å². The summed E-state index contributed by atoms with van der Waals surface area (Å²) in [6.45, 7) is 0.583. The first kappa shape index (κ1) is 11.5. The van der Waals surface area contributed by atoms with Gasteiger partial charge < -0.3 is 15.7 Å². The highest BCUT2D eigenvalue weighted by Gasteiger charge is 2.01. The highest BCUT2D eigenvalue weighted by atomic mass is 32.1. The van der Waals surface area contributed by atoms with E-state index in [2.05, 4.69) is 10.6 Å². The maximum atomic E-state index is 10.6. The van der Waals surface area contributed by atoms with Gasteiger partial charge in [-0.1, -0.05) is 12.1 Å². The van der Waals surface area contributed by atoms with Crippen LogP contribution in [0.1, 0.15) is 15.9 Å². The molecular formula is C10H12N2O2S. The number of benzene rings is 1. The fourth-order valence-electron chi connectivity index (χ4n) is 1.04. The molecule has 4 nitrogen and oxygen atoms in total. The Labute approximate surface area is 93.3 Å². The number of rotatable bonds is 3. The number of carbonyl (C=O) groups is 1. The summed E-state index contributed by atoms with van der Waals surface area (Å²) in [5.41, 5.74) is 1.27. The van der Waals surface area contributed by atoms with E-state index in [1.54, 1.807) is 31.3 Å². The molecule has 0 unspecified atom stereocenters. The van der Waals surface area contributed by atoms with E-state index in [0.717, 1.165) is 5.56 Å². The summed E-state index contributed by atoms with van der Waals surface area (Å²) >= 11 is 4.91. The largest absolute Gasteiger partial charge is 0.478 e. The number of nitrogens with one attached hydrogen (secondary N) is 2. The van der Waals surface area contributed by atoms with Gasteiger partial charge in [-0.15, -0.1) is 0 Å². The predicted octanol–water partition coefficient (Wildman–Crippen LogP) is 0.979. The summed E-state index contributed by atoms with van der Waals surface area (Å²) in [7, 11) is 1.74. The van der Waals surface area contributed by atoms with Crippen LogP contribution in [0.25, 0.3) is 0 Å². The van der Waals surface area contributed by atoms with E-state index in [1.165, 1.54) is 0 Å². The Bertz CT molecular complexity index is 362. The molecule has 0 bridgehead atoms. The Morgan fingerprint density at radius 2 is 2.00 bits per heavy atom. The molecule has 0 radical (unpaired) electrons. The second-order valence-electron chi connectivity index (χ2n) is 2.93. The highest BCUT2D eigenvalue weighted by Crippen LogP contribution is 2.03. The fraction of sp³-hybridized carbons (Fsp3) is 0.200. The summed E-state index contributed by atoms with van der Waals surface area (Å²) in [4.78, 5) is 10.6. The molecule has 0 spiro atoms. The zero-order valence-corrected chi connectivity index (χ0v) is 9.10. The van der Waals surface area contributed by atoms with E-state index >= 15 is 0 Å². The lowest BCUT2D eigenvalue weighted by atomic mass is 10.1. The van der Waals surface area contributed by atoms with Gasteiger partial charge in [-0.25, -0.2) is 4.79 Å². The average molecular weight is 224 g/mol. The second kappa shape index (κ2) is 5.31. The minimum absolute atomic E-state index is 0.287. The third-order valence-corrected chi connectivity index (χ3v) is 2.23. The van der Waals surface area contributed by atoms with Crippen LogP contribution in [0.4, 0.5) is 0 Å². The lowest BCUT2D eigenvalue weighted by molar-refractivity contribution is 0.0697. The van der Waals surface area contributed by atoms with Gasteiger partial charge in [0.1, 0.15) is 0 Å². The van der Waals surface area contributed by atoms with Gasteiger partial charge in [0, 0.05) is 13.6 Å². The zero-order valence-electron chi connectivity index (χ0n) is 8.28. The van der Waals surface area contributed by atoms with Crippen molar-refractivity contribution in [3.8, 4) is 0 Å². The number of carboxylic acid groups (broad SMARTS) is 1. The topological polar surface area (TPSA) is 61.4 Å². The van der Waals surface area contributed by atoms with E-state index in [1.807, 2.05) is 0 Å². The Kier molecular flexibility index (Phi) is 4.05. The number of aromatic carboxylic acids is 1. The smallest absolute Gasteiger partial charge is 0.335 e. The highest BCUT2D eigenvalue weighted by molar-refractivity contribution is 7.80. The molecule has 0 heterocycles. The van der Waals surface area contributed by atoms with Gasteiger partial charge in [0.25, 0.3) is 0 Å². The number of carboxylic acids is 1.